The standard InChI is InChI=1S/C12H18ClN3OS/c1-12(11(15)17)4-5-16(7-12)8(6-14)9-2-3-10(13)18-9/h2-3,8H,4-7,14H2,1H3,(H2,15,17). The number of halogens is 1. The van der Waals surface area contributed by atoms with Crippen LogP contribution >= 0.6 is 22.9 Å². The van der Waals surface area contributed by atoms with Gasteiger partial charge in [0.25, 0.3) is 0 Å². The van der Waals surface area contributed by atoms with Crippen molar-refractivity contribution in [2.24, 2.45) is 16.9 Å². The highest BCUT2D eigenvalue weighted by molar-refractivity contribution is 7.16. The van der Waals surface area contributed by atoms with Crippen molar-refractivity contribution in [3.05, 3.63) is 21.3 Å². The van der Waals surface area contributed by atoms with E-state index in [1.165, 1.54) is 0 Å². The first kappa shape index (κ1) is 13.8. The van der Waals surface area contributed by atoms with Gasteiger partial charge in [-0.1, -0.05) is 11.6 Å². The zero-order chi connectivity index (χ0) is 13.3. The van der Waals surface area contributed by atoms with Gasteiger partial charge in [0.05, 0.1) is 15.8 Å². The molecule has 1 aromatic rings. The van der Waals surface area contributed by atoms with Crippen molar-refractivity contribution in [3.8, 4) is 0 Å². The van der Waals surface area contributed by atoms with E-state index < -0.39 is 5.41 Å². The summed E-state index contributed by atoms with van der Waals surface area (Å²) in [6.07, 6.45) is 0.790. The van der Waals surface area contributed by atoms with E-state index in [4.69, 9.17) is 23.1 Å². The Balaban J connectivity index is 2.14. The van der Waals surface area contributed by atoms with Gasteiger partial charge in [-0.25, -0.2) is 0 Å². The zero-order valence-electron chi connectivity index (χ0n) is 10.4. The fraction of sp³-hybridized carbons (Fsp3) is 0.583. The molecule has 2 heterocycles. The van der Waals surface area contributed by atoms with Gasteiger partial charge in [0.2, 0.25) is 5.91 Å². The first-order chi connectivity index (χ1) is 8.46. The van der Waals surface area contributed by atoms with Crippen molar-refractivity contribution < 1.29 is 4.79 Å². The SMILES string of the molecule is CC1(C(N)=O)CCN(C(CN)c2ccc(Cl)s2)C1. The number of carbonyl (C=O) groups is 1. The van der Waals surface area contributed by atoms with Crippen LogP contribution in [-0.4, -0.2) is 30.4 Å². The molecule has 0 spiro atoms. The first-order valence-corrected chi connectivity index (χ1v) is 7.15. The minimum atomic E-state index is -0.436. The van der Waals surface area contributed by atoms with Crippen LogP contribution in [0, 0.1) is 5.41 Å². The van der Waals surface area contributed by atoms with Gasteiger partial charge in [-0.05, 0) is 32.0 Å². The van der Waals surface area contributed by atoms with Crippen LogP contribution in [0.25, 0.3) is 0 Å². The molecular weight excluding hydrogens is 270 g/mol. The molecule has 1 amide bonds. The average molecular weight is 288 g/mol. The maximum absolute atomic E-state index is 11.5. The van der Waals surface area contributed by atoms with Gasteiger partial charge < -0.3 is 11.5 Å². The molecule has 18 heavy (non-hydrogen) atoms. The average Bonchev–Trinajstić information content (AvgIpc) is 2.89. The number of rotatable bonds is 4. The Kier molecular flexibility index (Phi) is 3.96. The van der Waals surface area contributed by atoms with Crippen LogP contribution < -0.4 is 11.5 Å². The second kappa shape index (κ2) is 5.17. The molecule has 1 fully saturated rings. The number of primary amides is 1. The Morgan fingerprint density at radius 3 is 2.83 bits per heavy atom. The summed E-state index contributed by atoms with van der Waals surface area (Å²) in [5.41, 5.74) is 10.9. The summed E-state index contributed by atoms with van der Waals surface area (Å²) in [5, 5.41) is 0. The van der Waals surface area contributed by atoms with Crippen molar-refractivity contribution in [3.63, 3.8) is 0 Å². The maximum atomic E-state index is 11.5. The topological polar surface area (TPSA) is 72.4 Å². The molecule has 1 aliphatic rings. The van der Waals surface area contributed by atoms with Gasteiger partial charge in [-0.2, -0.15) is 0 Å². The molecule has 100 valence electrons. The quantitative estimate of drug-likeness (QED) is 0.883. The molecule has 1 aliphatic heterocycles. The maximum Gasteiger partial charge on any atom is 0.224 e. The number of thiophene rings is 1. The van der Waals surface area contributed by atoms with Crippen molar-refractivity contribution in [1.82, 2.24) is 4.90 Å². The van der Waals surface area contributed by atoms with Gasteiger partial charge in [0, 0.05) is 18.0 Å². The molecule has 0 saturated carbocycles. The van der Waals surface area contributed by atoms with Crippen LogP contribution in [0.4, 0.5) is 0 Å². The Bertz CT molecular complexity index is 450. The molecule has 1 aromatic heterocycles. The molecule has 2 unspecified atom stereocenters. The highest BCUT2D eigenvalue weighted by atomic mass is 35.5. The van der Waals surface area contributed by atoms with E-state index >= 15 is 0 Å². The normalized spacial score (nSPS) is 26.4. The van der Waals surface area contributed by atoms with Gasteiger partial charge in [-0.15, -0.1) is 11.3 Å². The number of hydrogen-bond acceptors (Lipinski definition) is 4. The molecular formula is C12H18ClN3OS. The largest absolute Gasteiger partial charge is 0.369 e. The Labute approximate surface area is 116 Å². The monoisotopic (exact) mass is 287 g/mol. The van der Waals surface area contributed by atoms with Gasteiger partial charge in [-0.3, -0.25) is 9.69 Å². The molecule has 4 nitrogen and oxygen atoms in total. The molecule has 2 rings (SSSR count). The molecule has 1 saturated heterocycles. The Morgan fingerprint density at radius 1 is 1.67 bits per heavy atom. The minimum Gasteiger partial charge on any atom is -0.369 e. The van der Waals surface area contributed by atoms with Crippen LogP contribution in [0.3, 0.4) is 0 Å². The third-order valence-corrected chi connectivity index (χ3v) is 5.02. The van der Waals surface area contributed by atoms with Crippen LogP contribution in [0.15, 0.2) is 12.1 Å². The fourth-order valence-corrected chi connectivity index (χ4v) is 3.63. The van der Waals surface area contributed by atoms with Crippen molar-refractivity contribution in [2.45, 2.75) is 19.4 Å². The summed E-state index contributed by atoms with van der Waals surface area (Å²) in [6.45, 7) is 3.95. The van der Waals surface area contributed by atoms with E-state index in [-0.39, 0.29) is 11.9 Å². The van der Waals surface area contributed by atoms with Crippen molar-refractivity contribution >= 4 is 28.8 Å². The first-order valence-electron chi connectivity index (χ1n) is 5.95. The van der Waals surface area contributed by atoms with E-state index in [0.717, 1.165) is 22.2 Å². The van der Waals surface area contributed by atoms with E-state index in [9.17, 15) is 4.79 Å². The fourth-order valence-electron chi connectivity index (χ4n) is 2.42. The zero-order valence-corrected chi connectivity index (χ0v) is 11.9. The smallest absolute Gasteiger partial charge is 0.224 e. The molecule has 0 aromatic carbocycles. The highest BCUT2D eigenvalue weighted by Gasteiger charge is 2.41. The third-order valence-electron chi connectivity index (χ3n) is 3.68. The molecule has 2 atom stereocenters. The second-order valence-corrected chi connectivity index (χ2v) is 6.79. The third kappa shape index (κ3) is 2.54. The number of likely N-dealkylation sites (tertiary alicyclic amines) is 1. The number of amides is 1. The van der Waals surface area contributed by atoms with E-state index in [2.05, 4.69) is 4.90 Å². The van der Waals surface area contributed by atoms with Crippen LogP contribution in [0.1, 0.15) is 24.3 Å². The molecule has 0 aliphatic carbocycles. The minimum absolute atomic E-state index is 0.128. The van der Waals surface area contributed by atoms with Crippen molar-refractivity contribution in [1.29, 1.82) is 0 Å². The van der Waals surface area contributed by atoms with Gasteiger partial charge in [0.15, 0.2) is 0 Å². The summed E-state index contributed by atoms with van der Waals surface area (Å²) in [7, 11) is 0. The number of carbonyl (C=O) groups excluding carboxylic acids is 1. The number of nitrogens with zero attached hydrogens (tertiary/aromatic N) is 1. The predicted octanol–water partition coefficient (Wildman–Crippen LogP) is 1.60. The molecule has 0 radical (unpaired) electrons. The van der Waals surface area contributed by atoms with E-state index in [0.29, 0.717) is 13.1 Å². The summed E-state index contributed by atoms with van der Waals surface area (Å²) < 4.78 is 0.764. The second-order valence-electron chi connectivity index (χ2n) is 5.04. The molecule has 6 heteroatoms. The number of hydrogen-bond donors (Lipinski definition) is 2. The summed E-state index contributed by atoms with van der Waals surface area (Å²) in [5.74, 6) is -0.231. The number of nitrogens with two attached hydrogens (primary N) is 2. The van der Waals surface area contributed by atoms with E-state index in [1.54, 1.807) is 11.3 Å². The lowest BCUT2D eigenvalue weighted by Gasteiger charge is -2.27. The van der Waals surface area contributed by atoms with Gasteiger partial charge >= 0.3 is 0 Å². The lowest BCUT2D eigenvalue weighted by Crippen LogP contribution is -2.39. The lowest BCUT2D eigenvalue weighted by atomic mass is 9.89. The molecule has 0 bridgehead atoms. The summed E-state index contributed by atoms with van der Waals surface area (Å²) >= 11 is 7.50. The Morgan fingerprint density at radius 2 is 2.39 bits per heavy atom. The van der Waals surface area contributed by atoms with Crippen molar-refractivity contribution in [2.75, 3.05) is 19.6 Å². The Hall–Kier alpha value is -0.620. The van der Waals surface area contributed by atoms with E-state index in [1.807, 2.05) is 19.1 Å². The van der Waals surface area contributed by atoms with Gasteiger partial charge in [0.1, 0.15) is 0 Å². The summed E-state index contributed by atoms with van der Waals surface area (Å²) in [6, 6.07) is 4.02. The lowest BCUT2D eigenvalue weighted by molar-refractivity contribution is -0.126. The predicted molar refractivity (Wildman–Crippen MR) is 74.6 cm³/mol. The van der Waals surface area contributed by atoms with Crippen LogP contribution in [0.2, 0.25) is 4.34 Å². The van der Waals surface area contributed by atoms with Crippen LogP contribution in [-0.2, 0) is 4.79 Å². The van der Waals surface area contributed by atoms with Crippen LogP contribution in [0.5, 0.6) is 0 Å². The highest BCUT2D eigenvalue weighted by Crippen LogP contribution is 2.37. The molecule has 4 N–H and O–H groups in total. The summed E-state index contributed by atoms with van der Waals surface area (Å²) in [4.78, 5) is 14.8.